The summed E-state index contributed by atoms with van der Waals surface area (Å²) in [5, 5.41) is 1.74. The van der Waals surface area contributed by atoms with E-state index in [0.717, 1.165) is 17.7 Å². The molecule has 0 spiro atoms. The molecule has 142 valence electrons. The van der Waals surface area contributed by atoms with Crippen LogP contribution >= 0.6 is 11.3 Å². The lowest BCUT2D eigenvalue weighted by Gasteiger charge is -2.21. The van der Waals surface area contributed by atoms with E-state index < -0.39 is 12.0 Å². The van der Waals surface area contributed by atoms with E-state index in [1.807, 2.05) is 0 Å². The molecule has 2 amide bonds. The Labute approximate surface area is 158 Å². The highest BCUT2D eigenvalue weighted by Crippen LogP contribution is 2.38. The number of rotatable bonds is 4. The van der Waals surface area contributed by atoms with Gasteiger partial charge in [0.15, 0.2) is 4.96 Å². The lowest BCUT2D eigenvalue weighted by Crippen LogP contribution is -2.44. The molecule has 3 heterocycles. The zero-order valence-electron chi connectivity index (χ0n) is 14.8. The van der Waals surface area contributed by atoms with Crippen LogP contribution in [0.2, 0.25) is 0 Å². The molecular weight excluding hydrogens is 370 g/mol. The van der Waals surface area contributed by atoms with Crippen LogP contribution in [-0.4, -0.2) is 38.1 Å². The second-order valence-electron chi connectivity index (χ2n) is 6.97. The van der Waals surface area contributed by atoms with Crippen molar-refractivity contribution in [2.45, 2.75) is 45.3 Å². The molecule has 4 rings (SSSR count). The van der Waals surface area contributed by atoms with Gasteiger partial charge in [-0.25, -0.2) is 9.78 Å². The Morgan fingerprint density at radius 3 is 2.59 bits per heavy atom. The molecule has 8 nitrogen and oxygen atoms in total. The SMILES string of the molecule is CC(C(=O)OCc1cc(=O)n2ccsc2n1)N1C(=O)C2CCCCC2C1=O. The van der Waals surface area contributed by atoms with Crippen LogP contribution < -0.4 is 5.56 Å². The second-order valence-corrected chi connectivity index (χ2v) is 7.84. The molecule has 1 aliphatic heterocycles. The molecule has 3 atom stereocenters. The van der Waals surface area contributed by atoms with E-state index in [2.05, 4.69) is 4.98 Å². The van der Waals surface area contributed by atoms with Crippen LogP contribution in [0.4, 0.5) is 0 Å². The van der Waals surface area contributed by atoms with Gasteiger partial charge in [-0.1, -0.05) is 12.8 Å². The third-order valence-corrected chi connectivity index (χ3v) is 6.08. The largest absolute Gasteiger partial charge is 0.458 e. The molecule has 3 unspecified atom stereocenters. The Hall–Kier alpha value is -2.55. The topological polar surface area (TPSA) is 98.1 Å². The van der Waals surface area contributed by atoms with Gasteiger partial charge in [0, 0.05) is 17.6 Å². The highest BCUT2D eigenvalue weighted by atomic mass is 32.1. The van der Waals surface area contributed by atoms with Crippen molar-refractivity contribution in [1.29, 1.82) is 0 Å². The van der Waals surface area contributed by atoms with Gasteiger partial charge >= 0.3 is 5.97 Å². The van der Waals surface area contributed by atoms with Crippen LogP contribution in [-0.2, 0) is 25.7 Å². The standard InChI is InChI=1S/C18H19N3O5S/c1-10(21-15(23)12-4-2-3-5-13(12)16(21)24)17(25)26-9-11-8-14(22)20-6-7-27-18(20)19-11/h6-8,10,12-13H,2-5,9H2,1H3. The molecular formula is C18H19N3O5S. The molecule has 9 heteroatoms. The quantitative estimate of drug-likeness (QED) is 0.578. The number of carbonyl (C=O) groups excluding carboxylic acids is 3. The number of nitrogens with zero attached hydrogens (tertiary/aromatic N) is 3. The van der Waals surface area contributed by atoms with Gasteiger partial charge in [0.1, 0.15) is 12.6 Å². The first-order valence-electron chi connectivity index (χ1n) is 8.96. The Morgan fingerprint density at radius 2 is 1.93 bits per heavy atom. The minimum Gasteiger partial charge on any atom is -0.458 e. The maximum absolute atomic E-state index is 12.6. The lowest BCUT2D eigenvalue weighted by molar-refractivity contribution is -0.159. The van der Waals surface area contributed by atoms with E-state index in [1.54, 1.807) is 11.6 Å². The van der Waals surface area contributed by atoms with E-state index >= 15 is 0 Å². The van der Waals surface area contributed by atoms with E-state index in [4.69, 9.17) is 4.74 Å². The first kappa shape index (κ1) is 17.8. The van der Waals surface area contributed by atoms with Crippen molar-refractivity contribution in [3.63, 3.8) is 0 Å². The van der Waals surface area contributed by atoms with Crippen molar-refractivity contribution in [2.24, 2.45) is 11.8 Å². The monoisotopic (exact) mass is 389 g/mol. The van der Waals surface area contributed by atoms with Crippen LogP contribution in [0.3, 0.4) is 0 Å². The summed E-state index contributed by atoms with van der Waals surface area (Å²) in [6.07, 6.45) is 4.88. The Morgan fingerprint density at radius 1 is 1.26 bits per heavy atom. The number of hydrogen-bond donors (Lipinski definition) is 0. The van der Waals surface area contributed by atoms with Gasteiger partial charge in [0.05, 0.1) is 17.5 Å². The molecule has 1 saturated heterocycles. The summed E-state index contributed by atoms with van der Waals surface area (Å²) in [4.78, 5) is 55.4. The molecule has 0 radical (unpaired) electrons. The predicted octanol–water partition coefficient (Wildman–Crippen LogP) is 1.36. The van der Waals surface area contributed by atoms with Crippen molar-refractivity contribution < 1.29 is 19.1 Å². The van der Waals surface area contributed by atoms with Gasteiger partial charge in [-0.3, -0.25) is 23.7 Å². The zero-order valence-corrected chi connectivity index (χ0v) is 15.6. The fraction of sp³-hybridized carbons (Fsp3) is 0.500. The number of thiazole rings is 1. The molecule has 0 N–H and O–H groups in total. The van der Waals surface area contributed by atoms with E-state index in [-0.39, 0.29) is 35.8 Å². The highest BCUT2D eigenvalue weighted by Gasteiger charge is 2.51. The van der Waals surface area contributed by atoms with E-state index in [1.165, 1.54) is 28.7 Å². The first-order chi connectivity index (χ1) is 13.0. The van der Waals surface area contributed by atoms with Crippen LogP contribution in [0.1, 0.15) is 38.3 Å². The third kappa shape index (κ3) is 3.05. The van der Waals surface area contributed by atoms with Crippen molar-refractivity contribution >= 4 is 34.1 Å². The minimum atomic E-state index is -0.984. The molecule has 0 bridgehead atoms. The van der Waals surface area contributed by atoms with Crippen molar-refractivity contribution in [3.8, 4) is 0 Å². The van der Waals surface area contributed by atoms with E-state index in [0.29, 0.717) is 23.5 Å². The summed E-state index contributed by atoms with van der Waals surface area (Å²) < 4.78 is 6.65. The molecule has 2 aromatic rings. The number of esters is 1. The molecule has 2 fully saturated rings. The highest BCUT2D eigenvalue weighted by molar-refractivity contribution is 7.15. The van der Waals surface area contributed by atoms with Gasteiger partial charge < -0.3 is 4.74 Å². The molecule has 1 aliphatic carbocycles. The van der Waals surface area contributed by atoms with Crippen LogP contribution in [0.5, 0.6) is 0 Å². The summed E-state index contributed by atoms with van der Waals surface area (Å²) >= 11 is 1.30. The smallest absolute Gasteiger partial charge is 0.329 e. The predicted molar refractivity (Wildman–Crippen MR) is 95.9 cm³/mol. The number of likely N-dealkylation sites (tertiary alicyclic amines) is 1. The van der Waals surface area contributed by atoms with Gasteiger partial charge in [-0.05, 0) is 19.8 Å². The summed E-state index contributed by atoms with van der Waals surface area (Å²) in [7, 11) is 0. The Balaban J connectivity index is 1.45. The zero-order chi connectivity index (χ0) is 19.1. The van der Waals surface area contributed by atoms with Crippen molar-refractivity contribution in [2.75, 3.05) is 0 Å². The summed E-state index contributed by atoms with van der Waals surface area (Å²) in [6.45, 7) is 1.32. The lowest BCUT2D eigenvalue weighted by atomic mass is 9.81. The van der Waals surface area contributed by atoms with Crippen LogP contribution in [0.25, 0.3) is 4.96 Å². The normalized spacial score (nSPS) is 23.5. The first-order valence-corrected chi connectivity index (χ1v) is 9.84. The van der Waals surface area contributed by atoms with Crippen molar-refractivity contribution in [3.05, 3.63) is 33.7 Å². The summed E-state index contributed by atoms with van der Waals surface area (Å²) in [5.41, 5.74) is 0.0741. The molecule has 1 saturated carbocycles. The van der Waals surface area contributed by atoms with Gasteiger partial charge in [0.2, 0.25) is 11.8 Å². The Kier molecular flexibility index (Phi) is 4.55. The average Bonchev–Trinajstić information content (AvgIpc) is 3.23. The number of imide groups is 1. The molecule has 2 aromatic heterocycles. The number of hydrogen-bond acceptors (Lipinski definition) is 7. The minimum absolute atomic E-state index is 0.185. The molecule has 2 aliphatic rings. The second kappa shape index (κ2) is 6.88. The molecule has 27 heavy (non-hydrogen) atoms. The van der Waals surface area contributed by atoms with Crippen LogP contribution in [0.15, 0.2) is 22.4 Å². The number of aromatic nitrogens is 2. The summed E-state index contributed by atoms with van der Waals surface area (Å²) in [6, 6.07) is 0.320. The third-order valence-electron chi connectivity index (χ3n) is 5.32. The average molecular weight is 389 g/mol. The Bertz CT molecular complexity index is 957. The van der Waals surface area contributed by atoms with E-state index in [9.17, 15) is 19.2 Å². The summed E-state index contributed by atoms with van der Waals surface area (Å²) in [5.74, 6) is -1.83. The van der Waals surface area contributed by atoms with Crippen LogP contribution in [0, 0.1) is 11.8 Å². The number of ether oxygens (including phenoxy) is 1. The fourth-order valence-corrected chi connectivity index (χ4v) is 4.64. The fourth-order valence-electron chi connectivity index (χ4n) is 3.90. The van der Waals surface area contributed by atoms with Crippen molar-refractivity contribution in [1.82, 2.24) is 14.3 Å². The molecule has 0 aromatic carbocycles. The number of fused-ring (bicyclic) bond motifs is 2. The van der Waals surface area contributed by atoms with Gasteiger partial charge in [0.25, 0.3) is 5.56 Å². The van der Waals surface area contributed by atoms with Gasteiger partial charge in [-0.2, -0.15) is 0 Å². The maximum atomic E-state index is 12.6. The number of amides is 2. The number of carbonyl (C=O) groups is 3. The van der Waals surface area contributed by atoms with Gasteiger partial charge in [-0.15, -0.1) is 11.3 Å². The maximum Gasteiger partial charge on any atom is 0.329 e.